The van der Waals surface area contributed by atoms with Crippen molar-refractivity contribution in [3.8, 4) is 0 Å². The monoisotopic (exact) mass is 324 g/mol. The number of guanidine groups is 1. The first-order chi connectivity index (χ1) is 11.8. The van der Waals surface area contributed by atoms with Gasteiger partial charge < -0.3 is 15.4 Å². The van der Waals surface area contributed by atoms with Crippen molar-refractivity contribution in [2.24, 2.45) is 4.99 Å². The molecule has 1 aromatic carbocycles. The number of hydrogen-bond acceptors (Lipinski definition) is 3. The fourth-order valence-electron chi connectivity index (χ4n) is 3.74. The van der Waals surface area contributed by atoms with Gasteiger partial charge in [0.2, 0.25) is 0 Å². The van der Waals surface area contributed by atoms with E-state index < -0.39 is 0 Å². The maximum atomic E-state index is 5.93. The second kappa shape index (κ2) is 6.77. The van der Waals surface area contributed by atoms with Gasteiger partial charge in [0.25, 0.3) is 0 Å². The van der Waals surface area contributed by atoms with E-state index in [1.807, 2.05) is 12.3 Å². The predicted octanol–water partition coefficient (Wildman–Crippen LogP) is 2.61. The van der Waals surface area contributed by atoms with E-state index >= 15 is 0 Å². The molecule has 126 valence electrons. The molecular weight excluding hydrogens is 300 g/mol. The number of ether oxygens (including phenoxy) is 1. The molecular formula is C19H24N4O. The van der Waals surface area contributed by atoms with E-state index in [1.165, 1.54) is 6.42 Å². The molecule has 4 rings (SSSR count). The summed E-state index contributed by atoms with van der Waals surface area (Å²) in [4.78, 5) is 9.29. The molecule has 5 nitrogen and oxygen atoms in total. The van der Waals surface area contributed by atoms with Gasteiger partial charge >= 0.3 is 0 Å². The number of nitrogens with one attached hydrogen (secondary N) is 2. The number of benzene rings is 1. The highest BCUT2D eigenvalue weighted by Crippen LogP contribution is 2.34. The van der Waals surface area contributed by atoms with Gasteiger partial charge in [0.05, 0.1) is 30.3 Å². The molecule has 2 fully saturated rings. The summed E-state index contributed by atoms with van der Waals surface area (Å²) in [5, 5.41) is 8.07. The summed E-state index contributed by atoms with van der Waals surface area (Å²) in [6, 6.07) is 10.7. The van der Waals surface area contributed by atoms with E-state index in [2.05, 4.69) is 46.8 Å². The minimum absolute atomic E-state index is 0.345. The van der Waals surface area contributed by atoms with E-state index in [1.54, 1.807) is 0 Å². The summed E-state index contributed by atoms with van der Waals surface area (Å²) >= 11 is 0. The Kier molecular flexibility index (Phi) is 4.34. The Bertz CT molecular complexity index is 740. The number of para-hydroxylation sites is 1. The maximum absolute atomic E-state index is 5.93. The third-order valence-corrected chi connectivity index (χ3v) is 4.90. The molecule has 0 saturated carbocycles. The first-order valence-electron chi connectivity index (χ1n) is 8.86. The number of rotatable bonds is 4. The second-order valence-corrected chi connectivity index (χ2v) is 6.55. The molecule has 2 aliphatic heterocycles. The molecule has 2 aliphatic rings. The van der Waals surface area contributed by atoms with E-state index in [4.69, 9.17) is 9.73 Å². The lowest BCUT2D eigenvalue weighted by atomic mass is 9.96. The van der Waals surface area contributed by atoms with Crippen LogP contribution in [0.4, 0.5) is 0 Å². The predicted molar refractivity (Wildman–Crippen MR) is 96.0 cm³/mol. The van der Waals surface area contributed by atoms with Crippen molar-refractivity contribution >= 4 is 16.9 Å². The molecule has 2 saturated heterocycles. The summed E-state index contributed by atoms with van der Waals surface area (Å²) in [5.41, 5.74) is 2.18. The van der Waals surface area contributed by atoms with Crippen LogP contribution in [0.15, 0.2) is 41.5 Å². The molecule has 3 atom stereocenters. The summed E-state index contributed by atoms with van der Waals surface area (Å²) in [6.07, 6.45) is 6.08. The van der Waals surface area contributed by atoms with Gasteiger partial charge in [0.1, 0.15) is 0 Å². The van der Waals surface area contributed by atoms with Crippen LogP contribution in [0.5, 0.6) is 0 Å². The average Bonchev–Trinajstić information content (AvgIpc) is 3.23. The number of aromatic nitrogens is 1. The quantitative estimate of drug-likeness (QED) is 0.670. The van der Waals surface area contributed by atoms with Gasteiger partial charge in [-0.05, 0) is 37.8 Å². The van der Waals surface area contributed by atoms with Gasteiger partial charge in [-0.2, -0.15) is 0 Å². The lowest BCUT2D eigenvalue weighted by molar-refractivity contribution is 0.0992. The van der Waals surface area contributed by atoms with Crippen LogP contribution in [0, 0.1) is 0 Å². The van der Waals surface area contributed by atoms with Gasteiger partial charge in [0.15, 0.2) is 5.96 Å². The number of nitrogens with zero attached hydrogens (tertiary/aromatic N) is 2. The molecule has 3 heterocycles. The Hall–Kier alpha value is -2.14. The SMILES string of the molecule is CCNC(=NCc1cccc2cccnc12)NC1CC2CCC1O2. The summed E-state index contributed by atoms with van der Waals surface area (Å²) in [6.45, 7) is 3.56. The Morgan fingerprint density at radius 3 is 3.00 bits per heavy atom. The lowest BCUT2D eigenvalue weighted by Crippen LogP contribution is -2.47. The van der Waals surface area contributed by atoms with Crippen LogP contribution in [0.25, 0.3) is 10.9 Å². The standard InChI is InChI=1S/C19H24N4O/c1-2-20-19(23-16-11-15-8-9-17(16)24-15)22-12-14-6-3-5-13-7-4-10-21-18(13)14/h3-7,10,15-17H,2,8-9,11-12H2,1H3,(H2,20,22,23). The third-order valence-electron chi connectivity index (χ3n) is 4.90. The molecule has 0 radical (unpaired) electrons. The Balaban J connectivity index is 1.50. The Morgan fingerprint density at radius 1 is 1.29 bits per heavy atom. The molecule has 2 N–H and O–H groups in total. The second-order valence-electron chi connectivity index (χ2n) is 6.55. The molecule has 2 aromatic rings. The van der Waals surface area contributed by atoms with Crippen LogP contribution >= 0.6 is 0 Å². The van der Waals surface area contributed by atoms with Crippen molar-refractivity contribution in [2.45, 2.75) is 51.0 Å². The van der Waals surface area contributed by atoms with Crippen LogP contribution < -0.4 is 10.6 Å². The van der Waals surface area contributed by atoms with Gasteiger partial charge in [-0.3, -0.25) is 4.98 Å². The zero-order chi connectivity index (χ0) is 16.4. The number of pyridine rings is 1. The number of fused-ring (bicyclic) bond motifs is 3. The van der Waals surface area contributed by atoms with Crippen molar-refractivity contribution in [2.75, 3.05) is 6.54 Å². The molecule has 1 aromatic heterocycles. The molecule has 0 spiro atoms. The maximum Gasteiger partial charge on any atom is 0.191 e. The fraction of sp³-hybridized carbons (Fsp3) is 0.474. The van der Waals surface area contributed by atoms with Gasteiger partial charge in [0, 0.05) is 18.1 Å². The Morgan fingerprint density at radius 2 is 2.21 bits per heavy atom. The topological polar surface area (TPSA) is 58.5 Å². The smallest absolute Gasteiger partial charge is 0.191 e. The first-order valence-corrected chi connectivity index (χ1v) is 8.86. The average molecular weight is 324 g/mol. The largest absolute Gasteiger partial charge is 0.373 e. The minimum atomic E-state index is 0.345. The van der Waals surface area contributed by atoms with Crippen LogP contribution in [-0.4, -0.2) is 35.7 Å². The lowest BCUT2D eigenvalue weighted by Gasteiger charge is -2.22. The minimum Gasteiger partial charge on any atom is -0.373 e. The van der Waals surface area contributed by atoms with Crippen molar-refractivity contribution in [1.29, 1.82) is 0 Å². The van der Waals surface area contributed by atoms with Gasteiger partial charge in [-0.1, -0.05) is 24.3 Å². The number of hydrogen-bond donors (Lipinski definition) is 2. The van der Waals surface area contributed by atoms with Crippen molar-refractivity contribution < 1.29 is 4.74 Å². The fourth-order valence-corrected chi connectivity index (χ4v) is 3.74. The van der Waals surface area contributed by atoms with Crippen LogP contribution in [-0.2, 0) is 11.3 Å². The summed E-state index contributed by atoms with van der Waals surface area (Å²) < 4.78 is 5.93. The highest BCUT2D eigenvalue weighted by Gasteiger charge is 2.41. The molecule has 3 unspecified atom stereocenters. The highest BCUT2D eigenvalue weighted by molar-refractivity contribution is 5.83. The highest BCUT2D eigenvalue weighted by atomic mass is 16.5. The van der Waals surface area contributed by atoms with Gasteiger partial charge in [-0.15, -0.1) is 0 Å². The van der Waals surface area contributed by atoms with E-state index in [9.17, 15) is 0 Å². The first kappa shape index (κ1) is 15.4. The molecule has 24 heavy (non-hydrogen) atoms. The third kappa shape index (κ3) is 3.08. The van der Waals surface area contributed by atoms with Gasteiger partial charge in [-0.25, -0.2) is 4.99 Å². The van der Waals surface area contributed by atoms with Crippen LogP contribution in [0.2, 0.25) is 0 Å². The summed E-state index contributed by atoms with van der Waals surface area (Å²) in [7, 11) is 0. The molecule has 5 heteroatoms. The zero-order valence-corrected chi connectivity index (χ0v) is 14.0. The molecule has 0 aliphatic carbocycles. The van der Waals surface area contributed by atoms with Crippen LogP contribution in [0.3, 0.4) is 0 Å². The number of aliphatic imine (C=N–C) groups is 1. The normalized spacial score (nSPS) is 26.0. The van der Waals surface area contributed by atoms with E-state index in [-0.39, 0.29) is 0 Å². The molecule has 0 amide bonds. The molecule has 2 bridgehead atoms. The van der Waals surface area contributed by atoms with Crippen molar-refractivity contribution in [1.82, 2.24) is 15.6 Å². The summed E-state index contributed by atoms with van der Waals surface area (Å²) in [5.74, 6) is 0.867. The van der Waals surface area contributed by atoms with Crippen LogP contribution in [0.1, 0.15) is 31.7 Å². The van der Waals surface area contributed by atoms with Crippen molar-refractivity contribution in [3.05, 3.63) is 42.1 Å². The van der Waals surface area contributed by atoms with E-state index in [0.717, 1.165) is 41.8 Å². The van der Waals surface area contributed by atoms with E-state index in [0.29, 0.717) is 24.8 Å². The zero-order valence-electron chi connectivity index (χ0n) is 14.0. The van der Waals surface area contributed by atoms with Crippen molar-refractivity contribution in [3.63, 3.8) is 0 Å². The Labute approximate surface area is 142 Å².